The smallest absolute Gasteiger partial charge is 0.255 e. The van der Waals surface area contributed by atoms with E-state index in [1.807, 2.05) is 78.2 Å². The fraction of sp³-hybridized carbons (Fsp3) is 0.154. The largest absolute Gasteiger partial charge is 0.497 e. The number of carbonyl (C=O) groups is 1. The number of nitrogens with zero attached hydrogens (tertiary/aromatic N) is 5. The fourth-order valence-electron chi connectivity index (χ4n) is 3.94. The lowest BCUT2D eigenvalue weighted by Crippen LogP contribution is -2.28. The average Bonchev–Trinajstić information content (AvgIpc) is 3.54. The molecule has 0 aliphatic heterocycles. The molecule has 1 amide bonds. The highest BCUT2D eigenvalue weighted by Gasteiger charge is 2.24. The first-order chi connectivity index (χ1) is 17.1. The highest BCUT2D eigenvalue weighted by molar-refractivity contribution is 6.00. The Morgan fingerprint density at radius 1 is 0.971 bits per heavy atom. The number of methoxy groups -OCH3 is 2. The van der Waals surface area contributed by atoms with Gasteiger partial charge in [0.1, 0.15) is 17.2 Å². The van der Waals surface area contributed by atoms with Gasteiger partial charge in [0, 0.05) is 24.0 Å². The van der Waals surface area contributed by atoms with Gasteiger partial charge in [-0.25, -0.2) is 4.68 Å². The minimum absolute atomic E-state index is 0.291. The van der Waals surface area contributed by atoms with Gasteiger partial charge in [-0.15, -0.1) is 10.2 Å². The van der Waals surface area contributed by atoms with E-state index in [-0.39, 0.29) is 5.91 Å². The number of ether oxygens (including phenoxy) is 2. The Hall–Kier alpha value is -4.66. The first-order valence-corrected chi connectivity index (χ1v) is 11.1. The van der Waals surface area contributed by atoms with E-state index in [1.54, 1.807) is 31.2 Å². The van der Waals surface area contributed by atoms with Crippen molar-refractivity contribution in [3.63, 3.8) is 0 Å². The number of hydrogen-bond donors (Lipinski definition) is 1. The summed E-state index contributed by atoms with van der Waals surface area (Å²) in [5.74, 6) is 1.54. The molecule has 35 heavy (non-hydrogen) atoms. The lowest BCUT2D eigenvalue weighted by Gasteiger charge is -2.13. The van der Waals surface area contributed by atoms with Crippen molar-refractivity contribution >= 4 is 11.6 Å². The summed E-state index contributed by atoms with van der Waals surface area (Å²) >= 11 is 0. The summed E-state index contributed by atoms with van der Waals surface area (Å²) in [6.45, 7) is 1.87. The Bertz CT molecular complexity index is 1490. The Morgan fingerprint density at radius 3 is 2.54 bits per heavy atom. The van der Waals surface area contributed by atoms with Crippen LogP contribution in [0.3, 0.4) is 0 Å². The van der Waals surface area contributed by atoms with Crippen molar-refractivity contribution in [2.45, 2.75) is 13.0 Å². The number of benzene rings is 2. The van der Waals surface area contributed by atoms with Crippen LogP contribution in [0.5, 0.6) is 11.5 Å². The van der Waals surface area contributed by atoms with E-state index in [4.69, 9.17) is 14.6 Å². The molecule has 0 radical (unpaired) electrons. The van der Waals surface area contributed by atoms with Crippen LogP contribution in [0.15, 0.2) is 79.1 Å². The molecule has 0 bridgehead atoms. The molecule has 1 atom stereocenters. The third-order valence-corrected chi connectivity index (χ3v) is 5.72. The molecule has 1 N–H and O–H groups in total. The van der Waals surface area contributed by atoms with Crippen LogP contribution in [0.1, 0.15) is 29.1 Å². The van der Waals surface area contributed by atoms with Gasteiger partial charge in [-0.1, -0.05) is 24.3 Å². The summed E-state index contributed by atoms with van der Waals surface area (Å²) in [6.07, 6.45) is 3.59. The first-order valence-electron chi connectivity index (χ1n) is 11.1. The van der Waals surface area contributed by atoms with Crippen LogP contribution in [0.25, 0.3) is 22.6 Å². The normalized spacial score (nSPS) is 11.9. The molecule has 0 aliphatic carbocycles. The zero-order chi connectivity index (χ0) is 24.4. The molecule has 3 aromatic heterocycles. The van der Waals surface area contributed by atoms with Gasteiger partial charge in [-0.3, -0.25) is 9.20 Å². The van der Waals surface area contributed by atoms with E-state index < -0.39 is 6.04 Å². The standard InChI is InChI=1S/C26H24N6O3/c1-17(25-29-28-23-11-7-8-14-31(23)25)27-26(33)21-16-32(18-9-5-4-6-10-18)30-24(21)20-13-12-19(34-2)15-22(20)35-3/h4-17H,1-3H3,(H,27,33). The number of carbonyl (C=O) groups excluding carboxylic acids is 1. The molecule has 0 saturated carbocycles. The Balaban J connectivity index is 1.55. The van der Waals surface area contributed by atoms with Gasteiger partial charge in [0.2, 0.25) is 0 Å². The minimum atomic E-state index is -0.398. The Morgan fingerprint density at radius 2 is 1.77 bits per heavy atom. The molecule has 0 aliphatic rings. The maximum Gasteiger partial charge on any atom is 0.255 e. The minimum Gasteiger partial charge on any atom is -0.497 e. The maximum atomic E-state index is 13.6. The van der Waals surface area contributed by atoms with Gasteiger partial charge in [0.05, 0.1) is 31.5 Å². The Kier molecular flexibility index (Phi) is 5.88. The fourth-order valence-corrected chi connectivity index (χ4v) is 3.94. The Labute approximate surface area is 201 Å². The lowest BCUT2D eigenvalue weighted by molar-refractivity contribution is 0.0938. The van der Waals surface area contributed by atoms with Crippen LogP contribution in [-0.4, -0.2) is 44.5 Å². The van der Waals surface area contributed by atoms with Crippen molar-refractivity contribution in [3.05, 3.63) is 90.5 Å². The van der Waals surface area contributed by atoms with E-state index in [0.717, 1.165) is 5.69 Å². The van der Waals surface area contributed by atoms with Gasteiger partial charge < -0.3 is 14.8 Å². The van der Waals surface area contributed by atoms with E-state index in [2.05, 4.69) is 15.5 Å². The molecule has 0 fully saturated rings. The molecule has 0 spiro atoms. The van der Waals surface area contributed by atoms with Crippen molar-refractivity contribution in [2.24, 2.45) is 0 Å². The highest BCUT2D eigenvalue weighted by atomic mass is 16.5. The first kappa shape index (κ1) is 22.1. The molecular weight excluding hydrogens is 444 g/mol. The molecule has 2 aromatic carbocycles. The number of fused-ring (bicyclic) bond motifs is 1. The number of para-hydroxylation sites is 1. The number of amides is 1. The van der Waals surface area contributed by atoms with E-state index >= 15 is 0 Å². The van der Waals surface area contributed by atoms with E-state index in [9.17, 15) is 4.79 Å². The van der Waals surface area contributed by atoms with Crippen molar-refractivity contribution in [1.29, 1.82) is 0 Å². The van der Waals surface area contributed by atoms with Crippen molar-refractivity contribution in [3.8, 4) is 28.4 Å². The summed E-state index contributed by atoms with van der Waals surface area (Å²) in [6, 6.07) is 20.3. The highest BCUT2D eigenvalue weighted by Crippen LogP contribution is 2.35. The molecule has 0 saturated heterocycles. The average molecular weight is 469 g/mol. The molecule has 5 rings (SSSR count). The van der Waals surface area contributed by atoms with Gasteiger partial charge in [-0.2, -0.15) is 5.10 Å². The van der Waals surface area contributed by atoms with Crippen molar-refractivity contribution in [1.82, 2.24) is 29.7 Å². The van der Waals surface area contributed by atoms with Crippen LogP contribution in [-0.2, 0) is 0 Å². The molecule has 9 nitrogen and oxygen atoms in total. The predicted octanol–water partition coefficient (Wildman–Crippen LogP) is 4.09. The molecule has 176 valence electrons. The third kappa shape index (κ3) is 4.19. The summed E-state index contributed by atoms with van der Waals surface area (Å²) in [5.41, 5.74) is 3.11. The SMILES string of the molecule is COc1ccc(-c2nn(-c3ccccc3)cc2C(=O)NC(C)c2nnc3ccccn23)c(OC)c1. The molecule has 5 aromatic rings. The van der Waals surface area contributed by atoms with E-state index in [0.29, 0.717) is 39.8 Å². The number of aromatic nitrogens is 5. The van der Waals surface area contributed by atoms with Crippen LogP contribution < -0.4 is 14.8 Å². The molecular formula is C26H24N6O3. The second-order valence-corrected chi connectivity index (χ2v) is 7.92. The second-order valence-electron chi connectivity index (χ2n) is 7.92. The zero-order valence-corrected chi connectivity index (χ0v) is 19.5. The monoisotopic (exact) mass is 468 g/mol. The van der Waals surface area contributed by atoms with Gasteiger partial charge >= 0.3 is 0 Å². The maximum absolute atomic E-state index is 13.6. The molecule has 1 unspecified atom stereocenters. The van der Waals surface area contributed by atoms with E-state index in [1.165, 1.54) is 0 Å². The lowest BCUT2D eigenvalue weighted by atomic mass is 10.1. The quantitative estimate of drug-likeness (QED) is 0.387. The van der Waals surface area contributed by atoms with Crippen LogP contribution >= 0.6 is 0 Å². The number of nitrogens with one attached hydrogen (secondary N) is 1. The zero-order valence-electron chi connectivity index (χ0n) is 19.5. The third-order valence-electron chi connectivity index (χ3n) is 5.72. The van der Waals surface area contributed by atoms with Crippen LogP contribution in [0.4, 0.5) is 0 Å². The number of pyridine rings is 1. The molecule has 3 heterocycles. The van der Waals surface area contributed by atoms with Crippen LogP contribution in [0, 0.1) is 0 Å². The molecule has 9 heteroatoms. The van der Waals surface area contributed by atoms with Gasteiger partial charge in [0.15, 0.2) is 11.5 Å². The van der Waals surface area contributed by atoms with Crippen molar-refractivity contribution in [2.75, 3.05) is 14.2 Å². The summed E-state index contributed by atoms with van der Waals surface area (Å²) < 4.78 is 14.5. The van der Waals surface area contributed by atoms with Gasteiger partial charge in [0.25, 0.3) is 5.91 Å². The van der Waals surface area contributed by atoms with Gasteiger partial charge in [-0.05, 0) is 43.3 Å². The summed E-state index contributed by atoms with van der Waals surface area (Å²) in [5, 5.41) is 16.3. The number of rotatable bonds is 7. The number of hydrogen-bond acceptors (Lipinski definition) is 6. The summed E-state index contributed by atoms with van der Waals surface area (Å²) in [4.78, 5) is 13.6. The van der Waals surface area contributed by atoms with Crippen LogP contribution in [0.2, 0.25) is 0 Å². The second kappa shape index (κ2) is 9.30. The predicted molar refractivity (Wildman–Crippen MR) is 131 cm³/mol. The van der Waals surface area contributed by atoms with Crippen molar-refractivity contribution < 1.29 is 14.3 Å². The summed E-state index contributed by atoms with van der Waals surface area (Å²) in [7, 11) is 3.16. The topological polar surface area (TPSA) is 95.6 Å².